The highest BCUT2D eigenvalue weighted by Gasteiger charge is 2.16. The second kappa shape index (κ2) is 13.3. The van der Waals surface area contributed by atoms with Crippen molar-refractivity contribution in [2.24, 2.45) is 0 Å². The van der Waals surface area contributed by atoms with Gasteiger partial charge in [0.1, 0.15) is 0 Å². The van der Waals surface area contributed by atoms with Gasteiger partial charge in [-0.1, -0.05) is 152 Å². The van der Waals surface area contributed by atoms with Crippen LogP contribution >= 0.6 is 0 Å². The largest absolute Gasteiger partial charge is 0.311 e. The molecule has 0 amide bonds. The number of rotatable bonds is 7. The Labute approximate surface area is 299 Å². The summed E-state index contributed by atoms with van der Waals surface area (Å²) in [4.78, 5) is 2.34. The standard InChI is InChI=1S/C50H35N/c1-4-14-36(15-5-1)47-32-40-18-10-12-20-42(40)34-49(47)38-24-28-45(29-25-38)51(44-22-8-3-9-23-44)46-30-26-39(27-31-46)50-35-43-21-13-11-19-41(43)33-48(50)37-16-6-2-7-17-37/h1-35H. The van der Waals surface area contributed by atoms with Gasteiger partial charge in [0.25, 0.3) is 0 Å². The Hall–Kier alpha value is -6.70. The van der Waals surface area contributed by atoms with Crippen LogP contribution in [0.2, 0.25) is 0 Å². The molecule has 0 N–H and O–H groups in total. The van der Waals surface area contributed by atoms with Crippen molar-refractivity contribution in [3.63, 3.8) is 0 Å². The molecule has 0 saturated carbocycles. The third-order valence-electron chi connectivity index (χ3n) is 9.83. The van der Waals surface area contributed by atoms with E-state index in [0.29, 0.717) is 0 Å². The minimum absolute atomic E-state index is 1.11. The van der Waals surface area contributed by atoms with Gasteiger partial charge in [0.2, 0.25) is 0 Å². The molecule has 51 heavy (non-hydrogen) atoms. The maximum absolute atomic E-state index is 2.34. The van der Waals surface area contributed by atoms with E-state index in [1.54, 1.807) is 0 Å². The predicted molar refractivity (Wildman–Crippen MR) is 218 cm³/mol. The normalized spacial score (nSPS) is 11.1. The van der Waals surface area contributed by atoms with Crippen molar-refractivity contribution in [1.29, 1.82) is 0 Å². The SMILES string of the molecule is c1ccc(-c2cc3ccccc3cc2-c2ccc(N(c3ccccc3)c3ccc(-c4cc5ccccc5cc4-c4ccccc4)cc3)cc2)cc1. The lowest BCUT2D eigenvalue weighted by Gasteiger charge is -2.26. The molecule has 0 bridgehead atoms. The second-order valence-electron chi connectivity index (χ2n) is 13.0. The maximum Gasteiger partial charge on any atom is 0.0462 e. The highest BCUT2D eigenvalue weighted by atomic mass is 15.1. The molecule has 0 heterocycles. The zero-order valence-corrected chi connectivity index (χ0v) is 28.2. The van der Waals surface area contributed by atoms with Crippen molar-refractivity contribution in [3.8, 4) is 44.5 Å². The molecule has 0 atom stereocenters. The molecule has 9 rings (SSSR count). The molecule has 0 aliphatic rings. The monoisotopic (exact) mass is 649 g/mol. The molecule has 0 aliphatic heterocycles. The average molecular weight is 650 g/mol. The topological polar surface area (TPSA) is 3.24 Å². The van der Waals surface area contributed by atoms with Gasteiger partial charge >= 0.3 is 0 Å². The van der Waals surface area contributed by atoms with Crippen LogP contribution in [0.5, 0.6) is 0 Å². The van der Waals surface area contributed by atoms with Crippen molar-refractivity contribution in [1.82, 2.24) is 0 Å². The van der Waals surface area contributed by atoms with E-state index in [1.807, 2.05) is 0 Å². The molecule has 0 aliphatic carbocycles. The summed E-state index contributed by atoms with van der Waals surface area (Å²) in [5, 5.41) is 4.97. The van der Waals surface area contributed by atoms with Gasteiger partial charge in [0.15, 0.2) is 0 Å². The summed E-state index contributed by atoms with van der Waals surface area (Å²) in [6, 6.07) is 76.6. The quantitative estimate of drug-likeness (QED) is 0.166. The van der Waals surface area contributed by atoms with Crippen LogP contribution in [-0.2, 0) is 0 Å². The molecule has 0 aromatic heterocycles. The van der Waals surface area contributed by atoms with Crippen LogP contribution in [0.25, 0.3) is 66.1 Å². The molecule has 0 fully saturated rings. The highest BCUT2D eigenvalue weighted by Crippen LogP contribution is 2.41. The maximum atomic E-state index is 2.34. The first-order valence-corrected chi connectivity index (χ1v) is 17.5. The molecular weight excluding hydrogens is 615 g/mol. The van der Waals surface area contributed by atoms with Crippen molar-refractivity contribution in [2.75, 3.05) is 4.90 Å². The highest BCUT2D eigenvalue weighted by molar-refractivity contribution is 5.98. The van der Waals surface area contributed by atoms with Gasteiger partial charge in [0, 0.05) is 17.1 Å². The summed E-state index contributed by atoms with van der Waals surface area (Å²) in [5.41, 5.74) is 13.1. The van der Waals surface area contributed by atoms with Crippen LogP contribution in [-0.4, -0.2) is 0 Å². The van der Waals surface area contributed by atoms with Crippen molar-refractivity contribution in [3.05, 3.63) is 212 Å². The lowest BCUT2D eigenvalue weighted by atomic mass is 9.91. The van der Waals surface area contributed by atoms with Gasteiger partial charge in [0.05, 0.1) is 0 Å². The zero-order valence-electron chi connectivity index (χ0n) is 28.2. The molecule has 240 valence electrons. The molecule has 0 radical (unpaired) electrons. The lowest BCUT2D eigenvalue weighted by Crippen LogP contribution is -2.09. The minimum Gasteiger partial charge on any atom is -0.311 e. The number of benzene rings is 9. The fourth-order valence-electron chi connectivity index (χ4n) is 7.28. The number of fused-ring (bicyclic) bond motifs is 2. The molecule has 9 aromatic rings. The summed E-state index contributed by atoms with van der Waals surface area (Å²) in [5.74, 6) is 0. The molecule has 0 unspecified atom stereocenters. The summed E-state index contributed by atoms with van der Waals surface area (Å²) >= 11 is 0. The van der Waals surface area contributed by atoms with E-state index in [9.17, 15) is 0 Å². The third kappa shape index (κ3) is 5.96. The average Bonchev–Trinajstić information content (AvgIpc) is 3.21. The fourth-order valence-corrected chi connectivity index (χ4v) is 7.28. The summed E-state index contributed by atoms with van der Waals surface area (Å²) in [6.07, 6.45) is 0. The number of nitrogens with zero attached hydrogens (tertiary/aromatic N) is 1. The first kappa shape index (κ1) is 30.4. The first-order valence-electron chi connectivity index (χ1n) is 17.5. The van der Waals surface area contributed by atoms with Crippen LogP contribution in [0.4, 0.5) is 17.1 Å². The van der Waals surface area contributed by atoms with Crippen LogP contribution in [0, 0.1) is 0 Å². The first-order chi connectivity index (χ1) is 25.3. The predicted octanol–water partition coefficient (Wildman–Crippen LogP) is 14.1. The van der Waals surface area contributed by atoms with E-state index in [1.165, 1.54) is 66.1 Å². The number of hydrogen-bond donors (Lipinski definition) is 0. The number of para-hydroxylation sites is 1. The van der Waals surface area contributed by atoms with Gasteiger partial charge in [-0.25, -0.2) is 0 Å². The van der Waals surface area contributed by atoms with E-state index in [-0.39, 0.29) is 0 Å². The molecule has 0 saturated heterocycles. The Morgan fingerprint density at radius 3 is 0.804 bits per heavy atom. The van der Waals surface area contributed by atoms with E-state index < -0.39 is 0 Å². The van der Waals surface area contributed by atoms with E-state index >= 15 is 0 Å². The molecule has 1 nitrogen and oxygen atoms in total. The van der Waals surface area contributed by atoms with Gasteiger partial charge < -0.3 is 4.90 Å². The minimum atomic E-state index is 1.11. The fraction of sp³-hybridized carbons (Fsp3) is 0. The van der Waals surface area contributed by atoms with Crippen molar-refractivity contribution in [2.45, 2.75) is 0 Å². The van der Waals surface area contributed by atoms with Crippen molar-refractivity contribution < 1.29 is 0 Å². The second-order valence-corrected chi connectivity index (χ2v) is 13.0. The number of hydrogen-bond acceptors (Lipinski definition) is 1. The zero-order chi connectivity index (χ0) is 34.0. The van der Waals surface area contributed by atoms with Gasteiger partial charge in [-0.2, -0.15) is 0 Å². The molecular formula is C50H35N. The Bertz CT molecular complexity index is 2420. The van der Waals surface area contributed by atoms with Crippen molar-refractivity contribution >= 4 is 38.6 Å². The Morgan fingerprint density at radius 1 is 0.216 bits per heavy atom. The summed E-state index contributed by atoms with van der Waals surface area (Å²) in [6.45, 7) is 0. The van der Waals surface area contributed by atoms with Crippen LogP contribution in [0.1, 0.15) is 0 Å². The van der Waals surface area contributed by atoms with E-state index in [2.05, 4.69) is 217 Å². The van der Waals surface area contributed by atoms with E-state index in [4.69, 9.17) is 0 Å². The third-order valence-corrected chi connectivity index (χ3v) is 9.83. The van der Waals surface area contributed by atoms with Gasteiger partial charge in [-0.3, -0.25) is 0 Å². The van der Waals surface area contributed by atoms with Gasteiger partial charge in [-0.15, -0.1) is 0 Å². The van der Waals surface area contributed by atoms with E-state index in [0.717, 1.165) is 17.1 Å². The summed E-state index contributed by atoms with van der Waals surface area (Å²) < 4.78 is 0. The Kier molecular flexibility index (Phi) is 7.92. The smallest absolute Gasteiger partial charge is 0.0462 e. The lowest BCUT2D eigenvalue weighted by molar-refractivity contribution is 1.28. The molecule has 0 spiro atoms. The van der Waals surface area contributed by atoms with Crippen LogP contribution in [0.15, 0.2) is 212 Å². The van der Waals surface area contributed by atoms with Crippen LogP contribution in [0.3, 0.4) is 0 Å². The van der Waals surface area contributed by atoms with Gasteiger partial charge in [-0.05, 0) is 127 Å². The van der Waals surface area contributed by atoms with Crippen LogP contribution < -0.4 is 4.90 Å². The molecule has 1 heteroatoms. The number of anilines is 3. The Morgan fingerprint density at radius 2 is 0.471 bits per heavy atom. The summed E-state index contributed by atoms with van der Waals surface area (Å²) in [7, 11) is 0. The Balaban J connectivity index is 1.12. The molecule has 9 aromatic carbocycles.